The third kappa shape index (κ3) is 5.07. The van der Waals surface area contributed by atoms with E-state index in [1.807, 2.05) is 0 Å². The minimum atomic E-state index is -1.26. The molecule has 0 unspecified atom stereocenters. The van der Waals surface area contributed by atoms with Crippen LogP contribution in [0.1, 0.15) is 85.0 Å². The van der Waals surface area contributed by atoms with E-state index in [4.69, 9.17) is 0 Å². The molecule has 182 valence electrons. The molecule has 7 heteroatoms. The molecule has 0 heterocycles. The van der Waals surface area contributed by atoms with E-state index in [0.29, 0.717) is 41.9 Å². The summed E-state index contributed by atoms with van der Waals surface area (Å²) in [5.41, 5.74) is 0.436. The van der Waals surface area contributed by atoms with Crippen LogP contribution >= 0.6 is 0 Å². The normalized spacial score (nSPS) is 45.1. The summed E-state index contributed by atoms with van der Waals surface area (Å²) >= 11 is 0. The first-order chi connectivity index (χ1) is 15.1. The van der Waals surface area contributed by atoms with Crippen molar-refractivity contribution in [1.29, 1.82) is 0 Å². The van der Waals surface area contributed by atoms with Crippen LogP contribution < -0.4 is 40.0 Å². The third-order valence-corrected chi connectivity index (χ3v) is 10.7. The van der Waals surface area contributed by atoms with E-state index >= 15 is 0 Å². The van der Waals surface area contributed by atoms with Crippen LogP contribution in [0.3, 0.4) is 0 Å². The van der Waals surface area contributed by atoms with Crippen LogP contribution in [0.5, 0.6) is 0 Å². The zero-order chi connectivity index (χ0) is 23.3. The van der Waals surface area contributed by atoms with Crippen molar-refractivity contribution in [3.05, 3.63) is 0 Å². The molecule has 0 aromatic carbocycles. The number of carboxylic acid groups (broad SMARTS) is 1. The largest absolute Gasteiger partial charge is 1.00 e. The fourth-order valence-corrected chi connectivity index (χ4v) is 8.99. The zero-order valence-electron chi connectivity index (χ0n) is 21.0. The van der Waals surface area contributed by atoms with E-state index in [1.54, 1.807) is 0 Å². The maximum absolute atomic E-state index is 12.0. The molecule has 0 aromatic heterocycles. The van der Waals surface area contributed by atoms with Crippen molar-refractivity contribution < 1.29 is 54.5 Å². The van der Waals surface area contributed by atoms with Gasteiger partial charge in [-0.15, -0.1) is 0 Å². The average Bonchev–Trinajstić information content (AvgIpc) is 3.09. The third-order valence-electron chi connectivity index (χ3n) is 10.7. The Morgan fingerprint density at radius 2 is 1.70 bits per heavy atom. The molecule has 4 saturated carbocycles. The standard InChI is InChI=1S/C26H43NO5.Na/c1-15(4-7-22(30)27-14-23(31)32)18-5-6-19-24-20(9-11-26(18,19)3)25(2)10-8-17(28)12-16(25)13-21(24)29;/h15-21,24,28-29H,4-14H2,1-3H3,(H,27,30)(H,31,32);/q;+1/p-1/t15-,16+,17-,18-,19+,20+,21-,24+,25+,26-;/m1./s1. The Kier molecular flexibility index (Phi) is 8.70. The number of rotatable bonds is 6. The Balaban J connectivity index is 0.00000306. The summed E-state index contributed by atoms with van der Waals surface area (Å²) in [4.78, 5) is 22.6. The first-order valence-electron chi connectivity index (χ1n) is 12.9. The van der Waals surface area contributed by atoms with Gasteiger partial charge in [0.2, 0.25) is 5.91 Å². The minimum absolute atomic E-state index is 0. The van der Waals surface area contributed by atoms with E-state index in [1.165, 1.54) is 6.42 Å². The summed E-state index contributed by atoms with van der Waals surface area (Å²) in [5.74, 6) is 1.31. The van der Waals surface area contributed by atoms with Crippen LogP contribution in [-0.4, -0.2) is 40.8 Å². The molecule has 33 heavy (non-hydrogen) atoms. The van der Waals surface area contributed by atoms with Gasteiger partial charge >= 0.3 is 29.6 Å². The van der Waals surface area contributed by atoms with Gasteiger partial charge in [0.25, 0.3) is 0 Å². The van der Waals surface area contributed by atoms with Gasteiger partial charge in [0, 0.05) is 6.42 Å². The molecule has 0 bridgehead atoms. The van der Waals surface area contributed by atoms with Crippen molar-refractivity contribution in [2.24, 2.45) is 46.3 Å². The number of aliphatic hydroxyl groups excluding tert-OH is 2. The molecule has 6 nitrogen and oxygen atoms in total. The SMILES string of the molecule is C[C@H](CCC(=O)NCC(=O)[O-])[C@H]1CC[C@H]2[C@@H]3[C@H](O)C[C@@H]4C[C@H](O)CC[C@]4(C)[C@H]3CC[C@]12C.[Na+]. The summed E-state index contributed by atoms with van der Waals surface area (Å²) in [7, 11) is 0. The minimum Gasteiger partial charge on any atom is -0.548 e. The second-order valence-corrected chi connectivity index (χ2v) is 12.1. The summed E-state index contributed by atoms with van der Waals surface area (Å²) in [6, 6.07) is 0. The van der Waals surface area contributed by atoms with Crippen LogP contribution in [0.4, 0.5) is 0 Å². The van der Waals surface area contributed by atoms with Gasteiger partial charge < -0.3 is 25.4 Å². The topological polar surface area (TPSA) is 110 Å². The molecule has 0 saturated heterocycles. The molecule has 4 rings (SSSR count). The summed E-state index contributed by atoms with van der Waals surface area (Å²) < 4.78 is 0. The number of carbonyl (C=O) groups excluding carboxylic acids is 2. The van der Waals surface area contributed by atoms with E-state index in [-0.39, 0.29) is 58.5 Å². The molecule has 10 atom stereocenters. The van der Waals surface area contributed by atoms with Gasteiger partial charge in [-0.2, -0.15) is 0 Å². The van der Waals surface area contributed by atoms with Gasteiger partial charge in [0.15, 0.2) is 0 Å². The number of carbonyl (C=O) groups is 2. The van der Waals surface area contributed by atoms with Crippen molar-refractivity contribution in [3.63, 3.8) is 0 Å². The maximum atomic E-state index is 12.0. The van der Waals surface area contributed by atoms with Crippen LogP contribution in [-0.2, 0) is 9.59 Å². The van der Waals surface area contributed by atoms with E-state index in [2.05, 4.69) is 26.1 Å². The van der Waals surface area contributed by atoms with E-state index in [9.17, 15) is 24.9 Å². The maximum Gasteiger partial charge on any atom is 1.00 e. The van der Waals surface area contributed by atoms with Crippen LogP contribution in [0, 0.1) is 46.3 Å². The van der Waals surface area contributed by atoms with Gasteiger partial charge in [-0.3, -0.25) is 4.79 Å². The Bertz CT molecular complexity index is 733. The fraction of sp³-hybridized carbons (Fsp3) is 0.923. The molecule has 0 aliphatic heterocycles. The average molecular weight is 472 g/mol. The molecule has 0 spiro atoms. The number of fused-ring (bicyclic) bond motifs is 5. The summed E-state index contributed by atoms with van der Waals surface area (Å²) in [6.07, 6.45) is 8.95. The van der Waals surface area contributed by atoms with Crippen LogP contribution in [0.2, 0.25) is 0 Å². The summed E-state index contributed by atoms with van der Waals surface area (Å²) in [5, 5.41) is 34.5. The molecular formula is C26H42NNaO5. The smallest absolute Gasteiger partial charge is 0.548 e. The van der Waals surface area contributed by atoms with Crippen molar-refractivity contribution in [2.75, 3.05) is 6.54 Å². The second kappa shape index (κ2) is 10.5. The molecule has 1 amide bonds. The Labute approximate surface area is 221 Å². The van der Waals surface area contributed by atoms with Gasteiger partial charge in [0.1, 0.15) is 0 Å². The first-order valence-corrected chi connectivity index (χ1v) is 12.9. The second-order valence-electron chi connectivity index (χ2n) is 12.1. The van der Waals surface area contributed by atoms with Crippen molar-refractivity contribution >= 4 is 11.9 Å². The van der Waals surface area contributed by atoms with Gasteiger partial charge in [-0.25, -0.2) is 0 Å². The predicted molar refractivity (Wildman–Crippen MR) is 119 cm³/mol. The number of hydrogen-bond acceptors (Lipinski definition) is 5. The Morgan fingerprint density at radius 3 is 2.39 bits per heavy atom. The number of amides is 1. The Morgan fingerprint density at radius 1 is 1.03 bits per heavy atom. The number of nitrogens with one attached hydrogen (secondary N) is 1. The number of aliphatic hydroxyl groups is 2. The number of aliphatic carboxylic acids is 1. The predicted octanol–water partition coefficient (Wildman–Crippen LogP) is -0.737. The monoisotopic (exact) mass is 471 g/mol. The zero-order valence-corrected chi connectivity index (χ0v) is 23.0. The van der Waals surface area contributed by atoms with Crippen molar-refractivity contribution in [1.82, 2.24) is 5.32 Å². The fourth-order valence-electron chi connectivity index (χ4n) is 8.99. The van der Waals surface area contributed by atoms with E-state index in [0.717, 1.165) is 51.4 Å². The molecule has 4 fully saturated rings. The van der Waals surface area contributed by atoms with Gasteiger partial charge in [-0.05, 0) is 104 Å². The summed E-state index contributed by atoms with van der Waals surface area (Å²) in [6.45, 7) is 6.70. The van der Waals surface area contributed by atoms with Crippen molar-refractivity contribution in [2.45, 2.75) is 97.2 Å². The molecule has 4 aliphatic carbocycles. The molecule has 3 N–H and O–H groups in total. The quantitative estimate of drug-likeness (QED) is 0.442. The van der Waals surface area contributed by atoms with Gasteiger partial charge in [0.05, 0.1) is 24.7 Å². The molecule has 4 aliphatic rings. The van der Waals surface area contributed by atoms with Crippen LogP contribution in [0.25, 0.3) is 0 Å². The van der Waals surface area contributed by atoms with E-state index < -0.39 is 12.5 Å². The van der Waals surface area contributed by atoms with Crippen molar-refractivity contribution in [3.8, 4) is 0 Å². The van der Waals surface area contributed by atoms with Crippen LogP contribution in [0.15, 0.2) is 0 Å². The van der Waals surface area contributed by atoms with Gasteiger partial charge in [-0.1, -0.05) is 20.8 Å². The number of hydrogen-bond donors (Lipinski definition) is 3. The number of carboxylic acids is 1. The molecule has 0 aromatic rings. The molecular weight excluding hydrogens is 429 g/mol. The first kappa shape index (κ1) is 27.4. The molecule has 0 radical (unpaired) electrons. The Hall–Kier alpha value is -0.140.